The lowest BCUT2D eigenvalue weighted by molar-refractivity contribution is -0.0494. The zero-order chi connectivity index (χ0) is 24.4. The maximum absolute atomic E-state index is 13.3. The first-order valence-corrected chi connectivity index (χ1v) is 11.8. The minimum Gasteiger partial charge on any atom is -0.434 e. The van der Waals surface area contributed by atoms with E-state index in [1.807, 2.05) is 7.05 Å². The fraction of sp³-hybridized carbons (Fsp3) is 0.273. The van der Waals surface area contributed by atoms with E-state index in [-0.39, 0.29) is 11.3 Å². The molecule has 0 radical (unpaired) electrons. The Morgan fingerprint density at radius 1 is 1.37 bits per heavy atom. The molecular weight excluding hydrogens is 478 g/mol. The normalized spacial score (nSPS) is 13.0. The van der Waals surface area contributed by atoms with Crippen LogP contribution in [0.25, 0.3) is 16.9 Å². The molecule has 0 aliphatic carbocycles. The molecule has 4 heterocycles. The summed E-state index contributed by atoms with van der Waals surface area (Å²) in [6.07, 6.45) is 6.35. The smallest absolute Gasteiger partial charge is 0.387 e. The maximum Gasteiger partial charge on any atom is 0.387 e. The van der Waals surface area contributed by atoms with Crippen molar-refractivity contribution in [2.24, 2.45) is 0 Å². The highest BCUT2D eigenvalue weighted by molar-refractivity contribution is 7.99. The van der Waals surface area contributed by atoms with Gasteiger partial charge in [-0.3, -0.25) is 9.48 Å². The number of anilines is 2. The van der Waals surface area contributed by atoms with Gasteiger partial charge in [-0.1, -0.05) is 0 Å². The molecule has 0 unspecified atom stereocenters. The Kier molecular flexibility index (Phi) is 6.51. The first-order valence-electron chi connectivity index (χ1n) is 10.8. The Labute approximate surface area is 203 Å². The molecular formula is C22H22F2N8O2S. The number of halogens is 2. The molecule has 1 aliphatic heterocycles. The molecule has 3 N–H and O–H groups in total. The number of carbonyl (C=O) groups excluding carboxylic acids is 1. The molecule has 0 spiro atoms. The monoisotopic (exact) mass is 500 g/mol. The molecule has 0 atom stereocenters. The second-order valence-electron chi connectivity index (χ2n) is 7.66. The van der Waals surface area contributed by atoms with Crippen LogP contribution in [-0.4, -0.2) is 62.8 Å². The van der Waals surface area contributed by atoms with E-state index in [2.05, 4.69) is 31.1 Å². The SMILES string of the molecule is CNCCn1cc(NC(=O)c2cnn3cccnc23)c(-c2cc3c(cc2OC(F)F)NCCS3)n1. The summed E-state index contributed by atoms with van der Waals surface area (Å²) in [5.74, 6) is 0.364. The van der Waals surface area contributed by atoms with Crippen LogP contribution in [0.1, 0.15) is 10.4 Å². The molecule has 0 bridgehead atoms. The zero-order valence-corrected chi connectivity index (χ0v) is 19.5. The van der Waals surface area contributed by atoms with Gasteiger partial charge < -0.3 is 20.7 Å². The van der Waals surface area contributed by atoms with E-state index < -0.39 is 12.5 Å². The summed E-state index contributed by atoms with van der Waals surface area (Å²) < 4.78 is 34.6. The van der Waals surface area contributed by atoms with Crippen LogP contribution in [0.15, 0.2) is 47.9 Å². The average Bonchev–Trinajstić information content (AvgIpc) is 3.46. The molecule has 1 amide bonds. The van der Waals surface area contributed by atoms with E-state index in [0.29, 0.717) is 35.7 Å². The zero-order valence-electron chi connectivity index (χ0n) is 18.7. The molecule has 1 aromatic carbocycles. The van der Waals surface area contributed by atoms with E-state index in [0.717, 1.165) is 22.9 Å². The Bertz CT molecular complexity index is 1370. The Balaban J connectivity index is 1.57. The number of nitrogens with zero attached hydrogens (tertiary/aromatic N) is 5. The predicted octanol–water partition coefficient (Wildman–Crippen LogP) is 3.18. The molecule has 0 saturated carbocycles. The number of fused-ring (bicyclic) bond motifs is 2. The van der Waals surface area contributed by atoms with Gasteiger partial charge in [0.05, 0.1) is 24.1 Å². The summed E-state index contributed by atoms with van der Waals surface area (Å²) in [6, 6.07) is 5.02. The Hall–Kier alpha value is -3.71. The summed E-state index contributed by atoms with van der Waals surface area (Å²) in [4.78, 5) is 18.3. The molecule has 1 aliphatic rings. The number of rotatable bonds is 8. The first kappa shape index (κ1) is 23.1. The van der Waals surface area contributed by atoms with Crippen molar-refractivity contribution >= 4 is 34.7 Å². The van der Waals surface area contributed by atoms with E-state index in [1.54, 1.807) is 53.2 Å². The van der Waals surface area contributed by atoms with Crippen LogP contribution >= 0.6 is 11.8 Å². The fourth-order valence-electron chi connectivity index (χ4n) is 3.77. The molecule has 0 saturated heterocycles. The first-order chi connectivity index (χ1) is 17.0. The number of thioether (sulfide) groups is 1. The van der Waals surface area contributed by atoms with Crippen molar-refractivity contribution < 1.29 is 18.3 Å². The molecule has 35 heavy (non-hydrogen) atoms. The molecule has 4 aromatic rings. The summed E-state index contributed by atoms with van der Waals surface area (Å²) in [5, 5.41) is 17.9. The van der Waals surface area contributed by atoms with Crippen LogP contribution < -0.4 is 20.7 Å². The molecule has 0 fully saturated rings. The highest BCUT2D eigenvalue weighted by Gasteiger charge is 2.24. The lowest BCUT2D eigenvalue weighted by atomic mass is 10.1. The number of hydrogen-bond acceptors (Lipinski definition) is 8. The van der Waals surface area contributed by atoms with Crippen molar-refractivity contribution in [3.63, 3.8) is 0 Å². The topological polar surface area (TPSA) is 110 Å². The molecule has 10 nitrogen and oxygen atoms in total. The lowest BCUT2D eigenvalue weighted by Crippen LogP contribution is -2.15. The average molecular weight is 501 g/mol. The largest absolute Gasteiger partial charge is 0.434 e. The van der Waals surface area contributed by atoms with Crippen LogP contribution in [0.3, 0.4) is 0 Å². The van der Waals surface area contributed by atoms with Crippen molar-refractivity contribution in [1.29, 1.82) is 0 Å². The molecule has 5 rings (SSSR count). The van der Waals surface area contributed by atoms with Crippen LogP contribution in [0.4, 0.5) is 20.2 Å². The Morgan fingerprint density at radius 3 is 3.09 bits per heavy atom. The van der Waals surface area contributed by atoms with E-state index >= 15 is 0 Å². The van der Waals surface area contributed by atoms with Gasteiger partial charge in [0.1, 0.15) is 17.0 Å². The highest BCUT2D eigenvalue weighted by atomic mass is 32.2. The number of hydrogen-bond donors (Lipinski definition) is 3. The van der Waals surface area contributed by atoms with Crippen LogP contribution in [0.2, 0.25) is 0 Å². The maximum atomic E-state index is 13.3. The minimum atomic E-state index is -3.02. The number of ether oxygens (including phenoxy) is 1. The second-order valence-corrected chi connectivity index (χ2v) is 8.79. The van der Waals surface area contributed by atoms with E-state index in [9.17, 15) is 13.6 Å². The molecule has 182 valence electrons. The van der Waals surface area contributed by atoms with Crippen molar-refractivity contribution in [2.75, 3.05) is 36.5 Å². The minimum absolute atomic E-state index is 0.0271. The van der Waals surface area contributed by atoms with Gasteiger partial charge in [-0.2, -0.15) is 19.0 Å². The van der Waals surface area contributed by atoms with Gasteiger partial charge in [-0.25, -0.2) is 9.50 Å². The van der Waals surface area contributed by atoms with Gasteiger partial charge in [0.25, 0.3) is 5.91 Å². The van der Waals surface area contributed by atoms with Crippen molar-refractivity contribution in [1.82, 2.24) is 29.7 Å². The number of likely N-dealkylation sites (N-methyl/N-ethyl adjacent to an activating group) is 1. The van der Waals surface area contributed by atoms with Gasteiger partial charge in [0.15, 0.2) is 5.65 Å². The van der Waals surface area contributed by atoms with E-state index in [4.69, 9.17) is 4.74 Å². The summed E-state index contributed by atoms with van der Waals surface area (Å²) in [7, 11) is 1.81. The Morgan fingerprint density at radius 2 is 2.26 bits per heavy atom. The number of aromatic nitrogens is 5. The third-order valence-corrected chi connectivity index (χ3v) is 6.41. The van der Waals surface area contributed by atoms with Crippen molar-refractivity contribution in [3.05, 3.63) is 48.5 Å². The number of carbonyl (C=O) groups is 1. The van der Waals surface area contributed by atoms with Crippen LogP contribution in [-0.2, 0) is 6.54 Å². The summed E-state index contributed by atoms with van der Waals surface area (Å²) >= 11 is 1.61. The number of nitrogens with one attached hydrogen (secondary N) is 3. The third kappa shape index (κ3) is 4.77. The molecule has 3 aromatic heterocycles. The van der Waals surface area contributed by atoms with Gasteiger partial charge in [-0.05, 0) is 19.2 Å². The van der Waals surface area contributed by atoms with Crippen LogP contribution in [0.5, 0.6) is 5.75 Å². The second kappa shape index (κ2) is 9.88. The van der Waals surface area contributed by atoms with Crippen LogP contribution in [0, 0.1) is 0 Å². The standard InChI is InChI=1S/C22H22F2N8O2S/c1-25-4-7-31-12-16(29-21(33)14-11-28-32-6-2-3-27-20(14)32)19(30-31)13-9-18-15(26-5-8-35-18)10-17(13)34-22(23)24/h2-3,6,9-12,22,25-26H,4-5,7-8H2,1H3,(H,29,33). The van der Waals surface area contributed by atoms with Gasteiger partial charge in [0.2, 0.25) is 0 Å². The lowest BCUT2D eigenvalue weighted by Gasteiger charge is -2.20. The van der Waals surface area contributed by atoms with Gasteiger partial charge in [-0.15, -0.1) is 11.8 Å². The highest BCUT2D eigenvalue weighted by Crippen LogP contribution is 2.43. The number of alkyl halides is 2. The number of benzene rings is 1. The fourth-order valence-corrected chi connectivity index (χ4v) is 4.68. The predicted molar refractivity (Wildman–Crippen MR) is 128 cm³/mol. The summed E-state index contributed by atoms with van der Waals surface area (Å²) in [5.41, 5.74) is 2.42. The molecule has 13 heteroatoms. The van der Waals surface area contributed by atoms with Gasteiger partial charge >= 0.3 is 6.61 Å². The van der Waals surface area contributed by atoms with Crippen molar-refractivity contribution in [3.8, 4) is 17.0 Å². The van der Waals surface area contributed by atoms with E-state index in [1.165, 1.54) is 10.7 Å². The van der Waals surface area contributed by atoms with Gasteiger partial charge in [0, 0.05) is 54.0 Å². The third-order valence-electron chi connectivity index (χ3n) is 5.35. The summed E-state index contributed by atoms with van der Waals surface area (Å²) in [6.45, 7) is -1.17. The van der Waals surface area contributed by atoms with Crippen molar-refractivity contribution in [2.45, 2.75) is 18.1 Å². The quantitative estimate of drug-likeness (QED) is 0.338. The number of amides is 1.